The topological polar surface area (TPSA) is 174 Å². The molecule has 7 amide bonds. The monoisotopic (exact) mass is 728 g/mol. The first-order chi connectivity index (χ1) is 23.9. The predicted molar refractivity (Wildman–Crippen MR) is 196 cm³/mol. The molecule has 0 spiro atoms. The lowest BCUT2D eigenvalue weighted by Gasteiger charge is -2.40. The number of rotatable bonds is 12. The van der Waals surface area contributed by atoms with Crippen LogP contribution < -0.4 is 21.3 Å². The summed E-state index contributed by atoms with van der Waals surface area (Å²) in [4.78, 5) is 97.4. The fourth-order valence-electron chi connectivity index (χ4n) is 8.12. The van der Waals surface area contributed by atoms with Gasteiger partial charge in [-0.05, 0) is 65.6 Å². The van der Waals surface area contributed by atoms with E-state index < -0.39 is 69.9 Å². The number of piperidine rings is 1. The second-order valence-electron chi connectivity index (χ2n) is 19.4. The van der Waals surface area contributed by atoms with Crippen LogP contribution in [-0.2, 0) is 28.8 Å². The molecule has 0 aromatic carbocycles. The second-order valence-corrected chi connectivity index (χ2v) is 19.4. The summed E-state index contributed by atoms with van der Waals surface area (Å²) in [5, 5.41) is 11.5. The van der Waals surface area contributed by atoms with E-state index in [4.69, 9.17) is 0 Å². The van der Waals surface area contributed by atoms with E-state index in [1.807, 2.05) is 62.3 Å². The summed E-state index contributed by atoms with van der Waals surface area (Å²) in [6.07, 6.45) is 4.58. The Bertz CT molecular complexity index is 1420. The number of likely N-dealkylation sites (tertiary alicyclic amines) is 2. The van der Waals surface area contributed by atoms with Crippen molar-refractivity contribution in [2.45, 2.75) is 158 Å². The van der Waals surface area contributed by atoms with Crippen LogP contribution in [0.1, 0.15) is 128 Å². The third-order valence-corrected chi connectivity index (χ3v) is 11.6. The molecule has 6 atom stereocenters. The van der Waals surface area contributed by atoms with E-state index in [0.29, 0.717) is 13.0 Å². The Morgan fingerprint density at radius 1 is 0.846 bits per heavy atom. The van der Waals surface area contributed by atoms with Crippen LogP contribution >= 0.6 is 0 Å². The maximum Gasteiger partial charge on any atom is 0.315 e. The van der Waals surface area contributed by atoms with Gasteiger partial charge in [0, 0.05) is 32.0 Å². The Labute approximate surface area is 309 Å². The maximum atomic E-state index is 14.7. The Morgan fingerprint density at radius 3 is 1.96 bits per heavy atom. The summed E-state index contributed by atoms with van der Waals surface area (Å²) in [5.74, 6) is -2.94. The van der Waals surface area contributed by atoms with Crippen molar-refractivity contribution >= 4 is 41.4 Å². The molecular weight excluding hydrogens is 664 g/mol. The minimum atomic E-state index is -1.04. The van der Waals surface area contributed by atoms with Gasteiger partial charge >= 0.3 is 6.03 Å². The Kier molecular flexibility index (Phi) is 12.0. The Balaban J connectivity index is 1.56. The summed E-state index contributed by atoms with van der Waals surface area (Å²) in [6, 6.07) is -4.17. The van der Waals surface area contributed by atoms with E-state index in [2.05, 4.69) is 35.1 Å². The van der Waals surface area contributed by atoms with Crippen LogP contribution in [0.3, 0.4) is 0 Å². The first-order valence-electron chi connectivity index (χ1n) is 19.2. The highest BCUT2D eigenvalue weighted by Gasteiger charge is 2.57. The zero-order chi connectivity index (χ0) is 39.1. The molecule has 0 aromatic heterocycles. The summed E-state index contributed by atoms with van der Waals surface area (Å²) in [5.41, 5.74) is -1.88. The Hall–Kier alpha value is -3.51. The normalized spacial score (nSPS) is 25.9. The standard InChI is InChI=1S/C39H64N6O7/c1-12-13-25(30(48)33(50)40-22-14-15-22)41-32(49)29-23-16-17-39(10,11)24(23)20-45(29)34(51)31(37(5,6)7)43-35(52)42-26(36(2,3)4)21-44-27(46)18-38(8,9)19-28(44)47/h22-26,29,31H,12-21H2,1-11H3,(H,40,50)(H,41,49)(H2,42,43,52)/t23-,24-,25?,26+,29-,31+/m0/s1. The van der Waals surface area contributed by atoms with Crippen molar-refractivity contribution in [3.63, 3.8) is 0 Å². The van der Waals surface area contributed by atoms with E-state index in [9.17, 15) is 33.6 Å². The zero-order valence-electron chi connectivity index (χ0n) is 33.4. The highest BCUT2D eigenvalue weighted by atomic mass is 16.2. The molecule has 2 saturated carbocycles. The summed E-state index contributed by atoms with van der Waals surface area (Å²) >= 11 is 0. The molecule has 2 aliphatic carbocycles. The van der Waals surface area contributed by atoms with Crippen LogP contribution in [0.4, 0.5) is 4.79 Å². The first kappa shape index (κ1) is 41.2. The number of urea groups is 1. The number of nitrogens with zero attached hydrogens (tertiary/aromatic N) is 2. The van der Waals surface area contributed by atoms with Crippen LogP contribution in [-0.4, -0.2) is 94.4 Å². The number of hydrogen-bond donors (Lipinski definition) is 4. The summed E-state index contributed by atoms with van der Waals surface area (Å²) in [7, 11) is 0. The lowest BCUT2D eigenvalue weighted by Crippen LogP contribution is -2.63. The van der Waals surface area contributed by atoms with Gasteiger partial charge in [-0.25, -0.2) is 4.79 Å². The van der Waals surface area contributed by atoms with Crippen molar-refractivity contribution in [3.05, 3.63) is 0 Å². The van der Waals surface area contributed by atoms with Gasteiger partial charge in [0.25, 0.3) is 5.91 Å². The van der Waals surface area contributed by atoms with Gasteiger partial charge < -0.3 is 26.2 Å². The van der Waals surface area contributed by atoms with Crippen molar-refractivity contribution in [1.82, 2.24) is 31.1 Å². The van der Waals surface area contributed by atoms with Gasteiger partial charge in [-0.3, -0.25) is 33.7 Å². The molecule has 2 aliphatic heterocycles. The second kappa shape index (κ2) is 15.1. The number of amides is 7. The lowest BCUT2D eigenvalue weighted by molar-refractivity contribution is -0.153. The molecule has 52 heavy (non-hydrogen) atoms. The molecule has 2 heterocycles. The molecular formula is C39H64N6O7. The number of hydrogen-bond acceptors (Lipinski definition) is 7. The largest absolute Gasteiger partial charge is 0.347 e. The van der Waals surface area contributed by atoms with Crippen molar-refractivity contribution in [2.24, 2.45) is 33.5 Å². The molecule has 2 saturated heterocycles. The molecule has 292 valence electrons. The van der Waals surface area contributed by atoms with Gasteiger partial charge in [-0.2, -0.15) is 0 Å². The molecule has 13 heteroatoms. The number of Topliss-reactive ketones (excluding diaryl/α,β-unsaturated/α-hetero) is 1. The van der Waals surface area contributed by atoms with Crippen LogP contribution in [0.25, 0.3) is 0 Å². The quantitative estimate of drug-likeness (QED) is 0.175. The smallest absolute Gasteiger partial charge is 0.315 e. The first-order valence-corrected chi connectivity index (χ1v) is 19.2. The highest BCUT2D eigenvalue weighted by Crippen LogP contribution is 2.53. The van der Waals surface area contributed by atoms with Gasteiger partial charge in [-0.1, -0.05) is 82.6 Å². The van der Waals surface area contributed by atoms with Gasteiger partial charge in [0.05, 0.1) is 12.1 Å². The van der Waals surface area contributed by atoms with Crippen molar-refractivity contribution in [3.8, 4) is 0 Å². The lowest BCUT2D eigenvalue weighted by atomic mass is 9.79. The fraction of sp³-hybridized carbons (Fsp3) is 0.821. The molecule has 4 aliphatic rings. The molecule has 0 bridgehead atoms. The maximum absolute atomic E-state index is 14.7. The van der Waals surface area contributed by atoms with Crippen LogP contribution in [0.2, 0.25) is 0 Å². The third-order valence-electron chi connectivity index (χ3n) is 11.6. The predicted octanol–water partition coefficient (Wildman–Crippen LogP) is 3.69. The van der Waals surface area contributed by atoms with Gasteiger partial charge in [0.15, 0.2) is 0 Å². The average Bonchev–Trinajstić information content (AvgIpc) is 3.64. The number of imide groups is 1. The van der Waals surface area contributed by atoms with E-state index in [1.165, 1.54) is 4.90 Å². The van der Waals surface area contributed by atoms with E-state index >= 15 is 0 Å². The number of carbonyl (C=O) groups is 7. The average molecular weight is 729 g/mol. The molecule has 1 unspecified atom stereocenters. The van der Waals surface area contributed by atoms with Gasteiger partial charge in [0.2, 0.25) is 29.4 Å². The van der Waals surface area contributed by atoms with Crippen LogP contribution in [0.5, 0.6) is 0 Å². The van der Waals surface area contributed by atoms with E-state index in [-0.39, 0.29) is 60.9 Å². The summed E-state index contributed by atoms with van der Waals surface area (Å²) in [6.45, 7) is 21.5. The minimum Gasteiger partial charge on any atom is -0.347 e. The van der Waals surface area contributed by atoms with E-state index in [1.54, 1.807) is 4.90 Å². The molecule has 4 rings (SSSR count). The zero-order valence-corrected chi connectivity index (χ0v) is 33.4. The SMILES string of the molecule is CCCC(NC(=O)[C@@H]1[C@H]2CCC(C)(C)[C@H]2CN1C(=O)[C@@H](NC(=O)N[C@H](CN1C(=O)CC(C)(C)CC1=O)C(C)(C)C)C(C)(C)C)C(=O)C(=O)NC1CC1. The third kappa shape index (κ3) is 9.53. The minimum absolute atomic E-state index is 0.00118. The number of fused-ring (bicyclic) bond motifs is 1. The summed E-state index contributed by atoms with van der Waals surface area (Å²) < 4.78 is 0. The Morgan fingerprint density at radius 2 is 1.44 bits per heavy atom. The molecule has 4 fully saturated rings. The molecule has 0 radical (unpaired) electrons. The number of ketones is 1. The number of nitrogens with one attached hydrogen (secondary N) is 4. The number of carbonyl (C=O) groups excluding carboxylic acids is 7. The van der Waals surface area contributed by atoms with Crippen molar-refractivity contribution in [1.29, 1.82) is 0 Å². The highest BCUT2D eigenvalue weighted by molar-refractivity contribution is 6.38. The van der Waals surface area contributed by atoms with Gasteiger partial charge in [0.1, 0.15) is 12.1 Å². The molecule has 0 aromatic rings. The van der Waals surface area contributed by atoms with Gasteiger partial charge in [-0.15, -0.1) is 0 Å². The molecule has 4 N–H and O–H groups in total. The van der Waals surface area contributed by atoms with Crippen molar-refractivity contribution < 1.29 is 33.6 Å². The molecule has 13 nitrogen and oxygen atoms in total. The van der Waals surface area contributed by atoms with Crippen LogP contribution in [0, 0.1) is 33.5 Å². The van der Waals surface area contributed by atoms with E-state index in [0.717, 1.165) is 25.7 Å². The fourth-order valence-corrected chi connectivity index (χ4v) is 8.12. The van der Waals surface area contributed by atoms with Crippen molar-refractivity contribution in [2.75, 3.05) is 13.1 Å². The van der Waals surface area contributed by atoms with Crippen LogP contribution in [0.15, 0.2) is 0 Å².